The predicted octanol–water partition coefficient (Wildman–Crippen LogP) is 1.48. The molecule has 0 bridgehead atoms. The summed E-state index contributed by atoms with van der Waals surface area (Å²) in [5.74, 6) is -0.398. The number of sulfonamides is 1. The van der Waals surface area contributed by atoms with Crippen LogP contribution in [-0.2, 0) is 16.6 Å². The lowest BCUT2D eigenvalue weighted by atomic mass is 10.1. The molecule has 0 saturated carbocycles. The van der Waals surface area contributed by atoms with Crippen LogP contribution in [0.3, 0.4) is 0 Å². The second-order valence-electron chi connectivity index (χ2n) is 4.83. The van der Waals surface area contributed by atoms with Crippen molar-refractivity contribution in [2.75, 3.05) is 17.6 Å². The molecule has 0 aliphatic heterocycles. The topological polar surface area (TPSA) is 83.4 Å². The first-order valence-electron chi connectivity index (χ1n) is 6.42. The van der Waals surface area contributed by atoms with Gasteiger partial charge in [0.15, 0.2) is 0 Å². The van der Waals surface area contributed by atoms with Gasteiger partial charge in [-0.15, -0.1) is 0 Å². The minimum absolute atomic E-state index is 0.00322. The van der Waals surface area contributed by atoms with Crippen LogP contribution in [0.25, 0.3) is 11.3 Å². The van der Waals surface area contributed by atoms with Crippen LogP contribution in [0.15, 0.2) is 24.3 Å². The average Bonchev–Trinajstić information content (AvgIpc) is 2.45. The van der Waals surface area contributed by atoms with Crippen molar-refractivity contribution >= 4 is 16.0 Å². The third-order valence-electron chi connectivity index (χ3n) is 3.26. The van der Waals surface area contributed by atoms with Crippen molar-refractivity contribution in [1.82, 2.24) is 9.97 Å². The Labute approximate surface area is 128 Å². The first-order chi connectivity index (χ1) is 10.2. The average molecular weight is 325 g/mol. The largest absolute Gasteiger partial charge is 0.392 e. The number of benzene rings is 1. The van der Waals surface area contributed by atoms with Gasteiger partial charge in [-0.2, -0.15) is 0 Å². The van der Waals surface area contributed by atoms with Crippen LogP contribution in [0, 0.1) is 12.7 Å². The second kappa shape index (κ2) is 5.98. The maximum absolute atomic E-state index is 13.1. The van der Waals surface area contributed by atoms with E-state index in [-0.39, 0.29) is 12.6 Å². The van der Waals surface area contributed by atoms with E-state index in [0.717, 1.165) is 10.6 Å². The molecule has 1 aromatic carbocycles. The zero-order valence-corrected chi connectivity index (χ0v) is 13.2. The van der Waals surface area contributed by atoms with Crippen LogP contribution in [0.1, 0.15) is 11.3 Å². The van der Waals surface area contributed by atoms with Crippen LogP contribution >= 0.6 is 0 Å². The maximum atomic E-state index is 13.1. The van der Waals surface area contributed by atoms with Gasteiger partial charge in [0, 0.05) is 23.9 Å². The zero-order chi connectivity index (χ0) is 16.5. The zero-order valence-electron chi connectivity index (χ0n) is 12.4. The highest BCUT2D eigenvalue weighted by atomic mass is 32.2. The van der Waals surface area contributed by atoms with E-state index in [4.69, 9.17) is 0 Å². The fourth-order valence-electron chi connectivity index (χ4n) is 1.91. The number of nitrogens with zero attached hydrogens (tertiary/aromatic N) is 3. The van der Waals surface area contributed by atoms with Crippen molar-refractivity contribution in [1.29, 1.82) is 0 Å². The number of aliphatic hydroxyl groups excluding tert-OH is 1. The Bertz CT molecular complexity index is 792. The van der Waals surface area contributed by atoms with E-state index in [2.05, 4.69) is 9.97 Å². The molecule has 0 spiro atoms. The molecule has 1 heterocycles. The number of halogens is 1. The Hall–Kier alpha value is -2.06. The molecular formula is C14H16FN3O3S. The number of hydrogen-bond donors (Lipinski definition) is 1. The normalized spacial score (nSPS) is 11.5. The molecule has 8 heteroatoms. The fraction of sp³-hybridized carbons (Fsp3) is 0.286. The van der Waals surface area contributed by atoms with Gasteiger partial charge in [-0.1, -0.05) is 0 Å². The monoisotopic (exact) mass is 325 g/mol. The summed E-state index contributed by atoms with van der Waals surface area (Å²) in [6.07, 6.45) is 1.04. The second-order valence-corrected chi connectivity index (χ2v) is 6.85. The van der Waals surface area contributed by atoms with Gasteiger partial charge in [-0.05, 0) is 31.2 Å². The quantitative estimate of drug-likeness (QED) is 0.920. The van der Waals surface area contributed by atoms with Gasteiger partial charge < -0.3 is 5.11 Å². The summed E-state index contributed by atoms with van der Waals surface area (Å²) in [7, 11) is -2.17. The van der Waals surface area contributed by atoms with Crippen LogP contribution < -0.4 is 4.31 Å². The smallest absolute Gasteiger partial charge is 0.239 e. The summed E-state index contributed by atoms with van der Waals surface area (Å²) in [4.78, 5) is 8.34. The Morgan fingerprint density at radius 1 is 1.23 bits per heavy atom. The first kappa shape index (κ1) is 16.3. The molecule has 6 nitrogen and oxygen atoms in total. The molecule has 0 unspecified atom stereocenters. The van der Waals surface area contributed by atoms with E-state index >= 15 is 0 Å². The molecule has 22 heavy (non-hydrogen) atoms. The summed E-state index contributed by atoms with van der Waals surface area (Å²) in [5.41, 5.74) is 1.87. The molecule has 0 atom stereocenters. The Balaban J connectivity index is 2.66. The molecule has 2 aromatic rings. The van der Waals surface area contributed by atoms with E-state index in [1.807, 2.05) is 0 Å². The molecule has 0 radical (unpaired) electrons. The van der Waals surface area contributed by atoms with Gasteiger partial charge in [-0.3, -0.25) is 0 Å². The van der Waals surface area contributed by atoms with Gasteiger partial charge in [0.1, 0.15) is 5.82 Å². The molecule has 0 aliphatic rings. The van der Waals surface area contributed by atoms with Crippen LogP contribution in [-0.4, -0.2) is 36.8 Å². The SMILES string of the molecule is Cc1nc(N(C)S(C)(=O)=O)nc(-c2ccc(F)cc2)c1CO. The number of anilines is 1. The lowest BCUT2D eigenvalue weighted by Gasteiger charge is -2.18. The number of aliphatic hydroxyl groups is 1. The van der Waals surface area contributed by atoms with Crippen molar-refractivity contribution in [3.8, 4) is 11.3 Å². The van der Waals surface area contributed by atoms with Gasteiger partial charge in [0.05, 0.1) is 18.6 Å². The molecule has 1 aromatic heterocycles. The van der Waals surface area contributed by atoms with Crippen LogP contribution in [0.4, 0.5) is 10.3 Å². The highest BCUT2D eigenvalue weighted by molar-refractivity contribution is 7.92. The van der Waals surface area contributed by atoms with Gasteiger partial charge >= 0.3 is 0 Å². The molecule has 0 amide bonds. The van der Waals surface area contributed by atoms with Gasteiger partial charge in [0.25, 0.3) is 0 Å². The van der Waals surface area contributed by atoms with Crippen LogP contribution in [0.2, 0.25) is 0 Å². The lowest BCUT2D eigenvalue weighted by Crippen LogP contribution is -2.27. The number of aromatic nitrogens is 2. The van der Waals surface area contributed by atoms with Crippen molar-refractivity contribution in [2.45, 2.75) is 13.5 Å². The summed E-state index contributed by atoms with van der Waals surface area (Å²) < 4.78 is 37.3. The first-order valence-corrected chi connectivity index (χ1v) is 8.27. The van der Waals surface area contributed by atoms with E-state index in [1.54, 1.807) is 6.92 Å². The lowest BCUT2D eigenvalue weighted by molar-refractivity contribution is 0.280. The molecule has 0 aliphatic carbocycles. The van der Waals surface area contributed by atoms with E-state index in [1.165, 1.54) is 31.3 Å². The molecule has 1 N–H and O–H groups in total. The van der Waals surface area contributed by atoms with Crippen molar-refractivity contribution in [3.63, 3.8) is 0 Å². The highest BCUT2D eigenvalue weighted by Crippen LogP contribution is 2.26. The van der Waals surface area contributed by atoms with E-state index in [0.29, 0.717) is 22.5 Å². The van der Waals surface area contributed by atoms with Gasteiger partial charge in [-0.25, -0.2) is 27.1 Å². The van der Waals surface area contributed by atoms with Crippen LogP contribution in [0.5, 0.6) is 0 Å². The maximum Gasteiger partial charge on any atom is 0.239 e. The summed E-state index contributed by atoms with van der Waals surface area (Å²) in [6.45, 7) is 1.35. The molecule has 118 valence electrons. The standard InChI is InChI=1S/C14H16FN3O3S/c1-9-12(8-19)13(10-4-6-11(15)7-5-10)17-14(16-9)18(2)22(3,20)21/h4-7,19H,8H2,1-3H3. The number of hydrogen-bond acceptors (Lipinski definition) is 5. The van der Waals surface area contributed by atoms with E-state index in [9.17, 15) is 17.9 Å². The Kier molecular flexibility index (Phi) is 4.43. The number of rotatable bonds is 4. The summed E-state index contributed by atoms with van der Waals surface area (Å²) in [5, 5.41) is 9.52. The highest BCUT2D eigenvalue weighted by Gasteiger charge is 2.19. The third kappa shape index (κ3) is 3.23. The molecular weight excluding hydrogens is 309 g/mol. The van der Waals surface area contributed by atoms with E-state index < -0.39 is 15.8 Å². The van der Waals surface area contributed by atoms with Crippen molar-refractivity contribution in [2.24, 2.45) is 0 Å². The third-order valence-corrected chi connectivity index (χ3v) is 4.42. The fourth-order valence-corrected chi connectivity index (χ4v) is 2.28. The minimum atomic E-state index is -3.51. The summed E-state index contributed by atoms with van der Waals surface area (Å²) in [6, 6.07) is 5.57. The molecule has 0 fully saturated rings. The Morgan fingerprint density at radius 3 is 2.32 bits per heavy atom. The predicted molar refractivity (Wildman–Crippen MR) is 81.3 cm³/mol. The molecule has 0 saturated heterocycles. The van der Waals surface area contributed by atoms with Crippen molar-refractivity contribution in [3.05, 3.63) is 41.3 Å². The minimum Gasteiger partial charge on any atom is -0.392 e. The molecule has 2 rings (SSSR count). The number of aryl methyl sites for hydroxylation is 1. The van der Waals surface area contributed by atoms with Gasteiger partial charge in [0.2, 0.25) is 16.0 Å². The van der Waals surface area contributed by atoms with Crippen molar-refractivity contribution < 1.29 is 17.9 Å². The summed E-state index contributed by atoms with van der Waals surface area (Å²) >= 11 is 0. The Morgan fingerprint density at radius 2 is 1.82 bits per heavy atom.